The highest BCUT2D eigenvalue weighted by atomic mass is 16.1. The van der Waals surface area contributed by atoms with Gasteiger partial charge in [-0.25, -0.2) is 0 Å². The van der Waals surface area contributed by atoms with Crippen molar-refractivity contribution in [2.24, 2.45) is 0 Å². The van der Waals surface area contributed by atoms with Crippen LogP contribution in [-0.4, -0.2) is 17.2 Å². The van der Waals surface area contributed by atoms with Gasteiger partial charge in [-0.1, -0.05) is 6.92 Å². The van der Waals surface area contributed by atoms with Crippen LogP contribution in [0, 0.1) is 10.8 Å². The first-order valence-corrected chi connectivity index (χ1v) is 3.22. The van der Waals surface area contributed by atoms with E-state index in [0.29, 0.717) is 12.1 Å². The van der Waals surface area contributed by atoms with Gasteiger partial charge in [-0.05, 0) is 6.92 Å². The minimum atomic E-state index is -0.161. The van der Waals surface area contributed by atoms with Crippen molar-refractivity contribution in [3.05, 3.63) is 0 Å². The van der Waals surface area contributed by atoms with Crippen molar-refractivity contribution in [2.45, 2.75) is 26.7 Å². The lowest BCUT2D eigenvalue weighted by molar-refractivity contribution is -0.112. The molecule has 2 N–H and O–H groups in total. The topological polar surface area (TPSA) is 64.8 Å². The first-order valence-electron chi connectivity index (χ1n) is 3.22. The molecule has 0 aromatic rings. The van der Waals surface area contributed by atoms with Crippen LogP contribution in [0.1, 0.15) is 26.7 Å². The Morgan fingerprint density at radius 2 is 1.90 bits per heavy atom. The number of Topliss-reactive ketones (excluding diaryl/α,β-unsaturated/α-hetero) is 1. The molecule has 0 bridgehead atoms. The Kier molecular flexibility index (Phi) is 3.54. The Labute approximate surface area is 60.5 Å². The van der Waals surface area contributed by atoms with E-state index in [1.165, 1.54) is 0 Å². The summed E-state index contributed by atoms with van der Waals surface area (Å²) in [6.45, 7) is 3.31. The molecule has 0 saturated heterocycles. The average molecular weight is 140 g/mol. The van der Waals surface area contributed by atoms with Crippen molar-refractivity contribution < 1.29 is 4.79 Å². The Balaban J connectivity index is 3.86. The number of carbonyl (C=O) groups excluding carboxylic acids is 1. The summed E-state index contributed by atoms with van der Waals surface area (Å²) in [5.74, 6) is -0.161. The lowest BCUT2D eigenvalue weighted by atomic mass is 10.1. The first-order chi connectivity index (χ1) is 4.57. The molecule has 0 aliphatic rings. The van der Waals surface area contributed by atoms with Crippen LogP contribution in [0.15, 0.2) is 0 Å². The molecule has 0 aliphatic carbocycles. The molecule has 0 amide bonds. The lowest BCUT2D eigenvalue weighted by Gasteiger charge is -1.97. The summed E-state index contributed by atoms with van der Waals surface area (Å²) in [6.07, 6.45) is 0.568. The van der Waals surface area contributed by atoms with Crippen LogP contribution in [0.2, 0.25) is 0 Å². The Bertz CT molecular complexity index is 172. The highest BCUT2D eigenvalue weighted by molar-refractivity contribution is 6.41. The van der Waals surface area contributed by atoms with E-state index in [2.05, 4.69) is 0 Å². The largest absolute Gasteiger partial charge is 0.310 e. The molecule has 56 valence electrons. The van der Waals surface area contributed by atoms with Gasteiger partial charge in [0.05, 0.1) is 5.71 Å². The van der Waals surface area contributed by atoms with Crippen LogP contribution in [0.25, 0.3) is 0 Å². The molecule has 0 spiro atoms. The zero-order valence-corrected chi connectivity index (χ0v) is 6.32. The number of ketones is 1. The normalized spacial score (nSPS) is 9.00. The number of nitrogens with one attached hydrogen (secondary N) is 2. The summed E-state index contributed by atoms with van der Waals surface area (Å²) in [7, 11) is 0. The van der Waals surface area contributed by atoms with Crippen molar-refractivity contribution in [2.75, 3.05) is 0 Å². The number of hydrogen-bond donors (Lipinski definition) is 2. The lowest BCUT2D eigenvalue weighted by Crippen LogP contribution is -2.14. The number of carbonyl (C=O) groups is 1. The van der Waals surface area contributed by atoms with Gasteiger partial charge in [0.25, 0.3) is 0 Å². The quantitative estimate of drug-likeness (QED) is 0.570. The molecule has 0 saturated carbocycles. The molecular formula is C7H12N2O. The van der Waals surface area contributed by atoms with Crippen molar-refractivity contribution in [1.29, 1.82) is 10.8 Å². The van der Waals surface area contributed by atoms with Gasteiger partial charge < -0.3 is 10.8 Å². The van der Waals surface area contributed by atoms with Gasteiger partial charge in [-0.3, -0.25) is 4.79 Å². The van der Waals surface area contributed by atoms with Crippen molar-refractivity contribution >= 4 is 17.2 Å². The fraction of sp³-hybridized carbons (Fsp3) is 0.571. The van der Waals surface area contributed by atoms with Crippen LogP contribution in [-0.2, 0) is 4.79 Å². The maximum absolute atomic E-state index is 10.7. The highest BCUT2D eigenvalue weighted by Crippen LogP contribution is 1.91. The molecule has 0 fully saturated rings. The van der Waals surface area contributed by atoms with Crippen LogP contribution >= 0.6 is 0 Å². The van der Waals surface area contributed by atoms with E-state index in [1.807, 2.05) is 0 Å². The van der Waals surface area contributed by atoms with E-state index in [9.17, 15) is 4.79 Å². The fourth-order valence-corrected chi connectivity index (χ4v) is 0.577. The minimum absolute atomic E-state index is 0.0509. The van der Waals surface area contributed by atoms with Crippen LogP contribution in [0.4, 0.5) is 0 Å². The number of rotatable bonds is 4. The van der Waals surface area contributed by atoms with E-state index < -0.39 is 0 Å². The second-order valence-corrected chi connectivity index (χ2v) is 2.21. The van der Waals surface area contributed by atoms with Crippen LogP contribution in [0.3, 0.4) is 0 Å². The summed E-state index contributed by atoms with van der Waals surface area (Å²) in [4.78, 5) is 10.7. The molecule has 0 aromatic heterocycles. The van der Waals surface area contributed by atoms with Crippen molar-refractivity contribution in [3.8, 4) is 0 Å². The van der Waals surface area contributed by atoms with Gasteiger partial charge in [0.15, 0.2) is 5.78 Å². The SMILES string of the molecule is CCC(=O)C(=N)CC(C)=N. The zero-order chi connectivity index (χ0) is 8.15. The smallest absolute Gasteiger partial charge is 0.176 e. The summed E-state index contributed by atoms with van der Waals surface area (Å²) in [5, 5.41) is 14.1. The Hall–Kier alpha value is -0.990. The monoisotopic (exact) mass is 140 g/mol. The van der Waals surface area contributed by atoms with E-state index in [0.717, 1.165) is 0 Å². The van der Waals surface area contributed by atoms with E-state index in [-0.39, 0.29) is 17.9 Å². The fourth-order valence-electron chi connectivity index (χ4n) is 0.577. The molecule has 10 heavy (non-hydrogen) atoms. The maximum Gasteiger partial charge on any atom is 0.176 e. The summed E-state index contributed by atoms with van der Waals surface area (Å²) >= 11 is 0. The zero-order valence-electron chi connectivity index (χ0n) is 6.32. The number of hydrogen-bond acceptors (Lipinski definition) is 3. The molecule has 0 heterocycles. The molecule has 3 heteroatoms. The van der Waals surface area contributed by atoms with Gasteiger partial charge in [0, 0.05) is 18.6 Å². The Morgan fingerprint density at radius 3 is 2.20 bits per heavy atom. The minimum Gasteiger partial charge on any atom is -0.310 e. The summed E-state index contributed by atoms with van der Waals surface area (Å²) in [6, 6.07) is 0. The summed E-state index contributed by atoms with van der Waals surface area (Å²) < 4.78 is 0. The molecule has 0 aliphatic heterocycles. The van der Waals surface area contributed by atoms with Gasteiger partial charge in [0.2, 0.25) is 0 Å². The highest BCUT2D eigenvalue weighted by Gasteiger charge is 2.06. The molecule has 0 rings (SSSR count). The Morgan fingerprint density at radius 1 is 1.40 bits per heavy atom. The van der Waals surface area contributed by atoms with Crippen LogP contribution in [0.5, 0.6) is 0 Å². The molecular weight excluding hydrogens is 128 g/mol. The predicted molar refractivity (Wildman–Crippen MR) is 41.0 cm³/mol. The molecule has 0 atom stereocenters. The van der Waals surface area contributed by atoms with E-state index in [4.69, 9.17) is 10.8 Å². The van der Waals surface area contributed by atoms with Crippen molar-refractivity contribution in [1.82, 2.24) is 0 Å². The summed E-state index contributed by atoms with van der Waals surface area (Å²) in [5.41, 5.74) is 0.418. The third kappa shape index (κ3) is 3.12. The van der Waals surface area contributed by atoms with E-state index >= 15 is 0 Å². The third-order valence-electron chi connectivity index (χ3n) is 1.10. The first kappa shape index (κ1) is 9.01. The predicted octanol–water partition coefficient (Wildman–Crippen LogP) is 1.42. The standard InChI is InChI=1S/C7H12N2O/c1-3-7(10)6(9)4-5(2)8/h8-9H,3-4H2,1-2H3. The van der Waals surface area contributed by atoms with Gasteiger partial charge >= 0.3 is 0 Å². The maximum atomic E-state index is 10.7. The molecule has 3 nitrogen and oxygen atoms in total. The average Bonchev–Trinajstić information content (AvgIpc) is 1.85. The van der Waals surface area contributed by atoms with Crippen molar-refractivity contribution in [3.63, 3.8) is 0 Å². The molecule has 0 aromatic carbocycles. The van der Waals surface area contributed by atoms with Gasteiger partial charge in [-0.15, -0.1) is 0 Å². The van der Waals surface area contributed by atoms with Gasteiger partial charge in [-0.2, -0.15) is 0 Å². The van der Waals surface area contributed by atoms with Crippen LogP contribution < -0.4 is 0 Å². The second-order valence-electron chi connectivity index (χ2n) is 2.21. The van der Waals surface area contributed by atoms with E-state index in [1.54, 1.807) is 13.8 Å². The molecule has 0 unspecified atom stereocenters. The second kappa shape index (κ2) is 3.93. The van der Waals surface area contributed by atoms with Gasteiger partial charge in [0.1, 0.15) is 0 Å². The third-order valence-corrected chi connectivity index (χ3v) is 1.10. The molecule has 0 radical (unpaired) electrons.